The summed E-state index contributed by atoms with van der Waals surface area (Å²) in [5.74, 6) is 1.31. The van der Waals surface area contributed by atoms with Gasteiger partial charge in [0.25, 0.3) is 5.91 Å². The van der Waals surface area contributed by atoms with E-state index in [4.69, 9.17) is 0 Å². The molecule has 25 heavy (non-hydrogen) atoms. The number of nitrogens with zero attached hydrogens (tertiary/aromatic N) is 7. The number of carbonyl (C=O) groups is 1. The van der Waals surface area contributed by atoms with Crippen LogP contribution < -0.4 is 9.80 Å². The van der Waals surface area contributed by atoms with E-state index in [-0.39, 0.29) is 5.91 Å². The van der Waals surface area contributed by atoms with Crippen LogP contribution in [0, 0.1) is 6.92 Å². The summed E-state index contributed by atoms with van der Waals surface area (Å²) in [6, 6.07) is 1.80. The first-order chi connectivity index (χ1) is 12.1. The van der Waals surface area contributed by atoms with Gasteiger partial charge in [-0.15, -0.1) is 0 Å². The average Bonchev–Trinajstić information content (AvgIpc) is 2.88. The Kier molecular flexibility index (Phi) is 5.06. The van der Waals surface area contributed by atoms with Crippen molar-refractivity contribution in [2.75, 3.05) is 50.1 Å². The molecule has 3 rings (SSSR count). The molecule has 1 aliphatic rings. The number of amides is 1. The van der Waals surface area contributed by atoms with Crippen LogP contribution in [0.3, 0.4) is 0 Å². The molecule has 1 saturated heterocycles. The van der Waals surface area contributed by atoms with Crippen LogP contribution in [0.1, 0.15) is 22.5 Å². The maximum absolute atomic E-state index is 12.9. The highest BCUT2D eigenvalue weighted by atomic mass is 16.2. The summed E-state index contributed by atoms with van der Waals surface area (Å²) >= 11 is 0. The first-order valence-corrected chi connectivity index (χ1v) is 8.38. The fourth-order valence-corrected chi connectivity index (χ4v) is 2.83. The summed E-state index contributed by atoms with van der Waals surface area (Å²) in [5, 5.41) is 0. The normalized spacial score (nSPS) is 15.0. The van der Waals surface area contributed by atoms with E-state index < -0.39 is 0 Å². The van der Waals surface area contributed by atoms with Gasteiger partial charge in [-0.05, 0) is 19.4 Å². The van der Waals surface area contributed by atoms with Crippen molar-refractivity contribution in [3.8, 4) is 0 Å². The van der Waals surface area contributed by atoms with Crippen molar-refractivity contribution in [2.45, 2.75) is 13.3 Å². The van der Waals surface area contributed by atoms with Crippen LogP contribution in [-0.4, -0.2) is 71.0 Å². The lowest BCUT2D eigenvalue weighted by Gasteiger charge is -2.22. The Bertz CT molecular complexity index is 735. The number of aryl methyl sites for hydroxylation is 1. The van der Waals surface area contributed by atoms with Crippen LogP contribution in [0.15, 0.2) is 24.7 Å². The van der Waals surface area contributed by atoms with Crippen molar-refractivity contribution in [3.63, 3.8) is 0 Å². The van der Waals surface area contributed by atoms with Crippen molar-refractivity contribution in [3.05, 3.63) is 35.9 Å². The Hall–Kier alpha value is -2.77. The van der Waals surface area contributed by atoms with Gasteiger partial charge in [0.2, 0.25) is 11.9 Å². The Balaban J connectivity index is 1.71. The second kappa shape index (κ2) is 7.42. The third-order valence-electron chi connectivity index (χ3n) is 4.22. The van der Waals surface area contributed by atoms with Gasteiger partial charge in [-0.3, -0.25) is 4.79 Å². The van der Waals surface area contributed by atoms with Gasteiger partial charge in [-0.2, -0.15) is 0 Å². The zero-order valence-electron chi connectivity index (χ0n) is 14.9. The van der Waals surface area contributed by atoms with E-state index in [1.165, 1.54) is 0 Å². The van der Waals surface area contributed by atoms with E-state index in [9.17, 15) is 4.79 Å². The van der Waals surface area contributed by atoms with Crippen LogP contribution >= 0.6 is 0 Å². The van der Waals surface area contributed by atoms with Crippen molar-refractivity contribution in [1.82, 2.24) is 24.8 Å². The molecule has 0 aliphatic carbocycles. The Morgan fingerprint density at radius 3 is 2.52 bits per heavy atom. The van der Waals surface area contributed by atoms with Gasteiger partial charge in [0.1, 0.15) is 0 Å². The van der Waals surface area contributed by atoms with Crippen molar-refractivity contribution in [1.29, 1.82) is 0 Å². The molecule has 0 N–H and O–H groups in total. The summed E-state index contributed by atoms with van der Waals surface area (Å²) in [7, 11) is 3.76. The van der Waals surface area contributed by atoms with Gasteiger partial charge in [-0.1, -0.05) is 0 Å². The molecule has 1 aliphatic heterocycles. The molecule has 8 heteroatoms. The van der Waals surface area contributed by atoms with E-state index in [2.05, 4.69) is 24.8 Å². The largest absolute Gasteiger partial charge is 0.347 e. The first-order valence-electron chi connectivity index (χ1n) is 8.38. The number of hydrogen-bond acceptors (Lipinski definition) is 7. The monoisotopic (exact) mass is 341 g/mol. The topological polar surface area (TPSA) is 78.4 Å². The number of anilines is 2. The summed E-state index contributed by atoms with van der Waals surface area (Å²) in [4.78, 5) is 36.0. The van der Waals surface area contributed by atoms with Crippen molar-refractivity contribution >= 4 is 17.8 Å². The minimum atomic E-state index is -0.0152. The average molecular weight is 341 g/mol. The van der Waals surface area contributed by atoms with Gasteiger partial charge in [0, 0.05) is 58.9 Å². The highest BCUT2D eigenvalue weighted by Gasteiger charge is 2.23. The van der Waals surface area contributed by atoms with Crippen molar-refractivity contribution < 1.29 is 4.79 Å². The number of carbonyl (C=O) groups excluding carboxylic acids is 1. The van der Waals surface area contributed by atoms with Crippen molar-refractivity contribution in [2.24, 2.45) is 0 Å². The number of hydrogen-bond donors (Lipinski definition) is 0. The molecule has 8 nitrogen and oxygen atoms in total. The van der Waals surface area contributed by atoms with Crippen LogP contribution in [0.25, 0.3) is 0 Å². The van der Waals surface area contributed by atoms with Crippen LogP contribution in [0.2, 0.25) is 0 Å². The Morgan fingerprint density at radius 1 is 1.08 bits per heavy atom. The van der Waals surface area contributed by atoms with Crippen LogP contribution in [-0.2, 0) is 0 Å². The minimum Gasteiger partial charge on any atom is -0.347 e. The highest BCUT2D eigenvalue weighted by molar-refractivity contribution is 5.95. The molecule has 0 spiro atoms. The van der Waals surface area contributed by atoms with Gasteiger partial charge in [-0.25, -0.2) is 19.9 Å². The molecule has 0 bridgehead atoms. The molecular weight excluding hydrogens is 318 g/mol. The number of aromatic nitrogens is 4. The van der Waals surface area contributed by atoms with E-state index >= 15 is 0 Å². The first kappa shape index (κ1) is 17.1. The standard InChI is InChI=1S/C17H23N7O/c1-13-14(12-20-17(21-13)22(2)3)15(25)23-8-5-9-24(11-10-23)16-18-6-4-7-19-16/h4,6-7,12H,5,8-11H2,1-3H3. The molecule has 0 aromatic carbocycles. The molecule has 132 valence electrons. The molecule has 3 heterocycles. The predicted octanol–water partition coefficient (Wildman–Crippen LogP) is 0.994. The number of rotatable bonds is 3. The molecule has 1 fully saturated rings. The fraction of sp³-hybridized carbons (Fsp3) is 0.471. The molecule has 0 radical (unpaired) electrons. The molecule has 0 unspecified atom stereocenters. The van der Waals surface area contributed by atoms with Gasteiger partial charge >= 0.3 is 0 Å². The van der Waals surface area contributed by atoms with Gasteiger partial charge in [0.15, 0.2) is 0 Å². The second-order valence-electron chi connectivity index (χ2n) is 6.25. The second-order valence-corrected chi connectivity index (χ2v) is 6.25. The predicted molar refractivity (Wildman–Crippen MR) is 95.9 cm³/mol. The van der Waals surface area contributed by atoms with Gasteiger partial charge < -0.3 is 14.7 Å². The van der Waals surface area contributed by atoms with E-state index in [0.29, 0.717) is 42.8 Å². The lowest BCUT2D eigenvalue weighted by molar-refractivity contribution is 0.0765. The zero-order chi connectivity index (χ0) is 17.8. The Labute approximate surface area is 147 Å². The molecule has 0 saturated carbocycles. The van der Waals surface area contributed by atoms with E-state index in [1.807, 2.05) is 30.8 Å². The smallest absolute Gasteiger partial charge is 0.257 e. The molecule has 0 atom stereocenters. The minimum absolute atomic E-state index is 0.0152. The summed E-state index contributed by atoms with van der Waals surface area (Å²) in [6.45, 7) is 4.74. The fourth-order valence-electron chi connectivity index (χ4n) is 2.83. The molecule has 2 aromatic heterocycles. The molecule has 1 amide bonds. The summed E-state index contributed by atoms with van der Waals surface area (Å²) in [6.07, 6.45) is 5.98. The Morgan fingerprint density at radius 2 is 1.84 bits per heavy atom. The lowest BCUT2D eigenvalue weighted by Crippen LogP contribution is -2.36. The van der Waals surface area contributed by atoms with Crippen LogP contribution in [0.5, 0.6) is 0 Å². The maximum Gasteiger partial charge on any atom is 0.257 e. The highest BCUT2D eigenvalue weighted by Crippen LogP contribution is 2.15. The summed E-state index contributed by atoms with van der Waals surface area (Å²) in [5.41, 5.74) is 1.27. The third-order valence-corrected chi connectivity index (χ3v) is 4.22. The van der Waals surface area contributed by atoms with Gasteiger partial charge in [0.05, 0.1) is 11.3 Å². The lowest BCUT2D eigenvalue weighted by atomic mass is 10.2. The van der Waals surface area contributed by atoms with E-state index in [1.54, 1.807) is 24.7 Å². The SMILES string of the molecule is Cc1nc(N(C)C)ncc1C(=O)N1CCCN(c2ncccn2)CC1. The molecular formula is C17H23N7O. The molecule has 2 aromatic rings. The third kappa shape index (κ3) is 3.84. The summed E-state index contributed by atoms with van der Waals surface area (Å²) < 4.78 is 0. The van der Waals surface area contributed by atoms with Crippen LogP contribution in [0.4, 0.5) is 11.9 Å². The quantitative estimate of drug-likeness (QED) is 0.824. The maximum atomic E-state index is 12.9. The van der Waals surface area contributed by atoms with E-state index in [0.717, 1.165) is 13.0 Å². The zero-order valence-corrected chi connectivity index (χ0v) is 14.9.